The van der Waals surface area contributed by atoms with Crippen molar-refractivity contribution < 1.29 is 4.74 Å². The second-order valence-corrected chi connectivity index (χ2v) is 5.66. The number of rotatable bonds is 2. The highest BCUT2D eigenvalue weighted by Crippen LogP contribution is 2.29. The summed E-state index contributed by atoms with van der Waals surface area (Å²) in [6, 6.07) is 0.460. The standard InChI is InChI=1S/C13H19ClN4O/c14-12-8-5-6-19-7-9(8)13(18-17-12)16-11-4-2-1-3-10(11)15/h10-11H,1-7,15H2,(H,16,18)/t10-,11-/m1/s1. The number of nitrogens with two attached hydrogens (primary N) is 1. The van der Waals surface area contributed by atoms with Crippen molar-refractivity contribution in [2.75, 3.05) is 11.9 Å². The SMILES string of the molecule is N[C@@H]1CCCC[C@H]1Nc1nnc(Cl)c2c1COCC2. The topological polar surface area (TPSA) is 73.1 Å². The number of hydrogen-bond donors (Lipinski definition) is 2. The molecule has 0 amide bonds. The number of aromatic nitrogens is 2. The molecule has 1 aliphatic heterocycles. The van der Waals surface area contributed by atoms with Gasteiger partial charge in [0.15, 0.2) is 11.0 Å². The predicted octanol–water partition coefficient (Wildman–Crippen LogP) is 1.88. The number of halogens is 1. The second-order valence-electron chi connectivity index (χ2n) is 5.30. The highest BCUT2D eigenvalue weighted by molar-refractivity contribution is 6.30. The van der Waals surface area contributed by atoms with Crippen LogP contribution in [0.3, 0.4) is 0 Å². The molecular formula is C13H19ClN4O. The van der Waals surface area contributed by atoms with E-state index in [0.29, 0.717) is 18.4 Å². The van der Waals surface area contributed by atoms with E-state index in [-0.39, 0.29) is 12.1 Å². The lowest BCUT2D eigenvalue weighted by Crippen LogP contribution is -2.43. The molecule has 104 valence electrons. The van der Waals surface area contributed by atoms with Crippen LogP contribution in [0.1, 0.15) is 36.8 Å². The van der Waals surface area contributed by atoms with Gasteiger partial charge < -0.3 is 15.8 Å². The van der Waals surface area contributed by atoms with E-state index in [0.717, 1.165) is 36.2 Å². The molecule has 3 rings (SSSR count). The summed E-state index contributed by atoms with van der Waals surface area (Å²) in [5.41, 5.74) is 8.27. The first kappa shape index (κ1) is 13.1. The maximum Gasteiger partial charge on any atom is 0.155 e. The van der Waals surface area contributed by atoms with Crippen LogP contribution in [-0.4, -0.2) is 28.9 Å². The number of nitrogens with zero attached hydrogens (tertiary/aromatic N) is 2. The van der Waals surface area contributed by atoms with Gasteiger partial charge in [0.1, 0.15) is 0 Å². The molecule has 1 saturated carbocycles. The Bertz CT molecular complexity index is 468. The van der Waals surface area contributed by atoms with Crippen LogP contribution in [0.5, 0.6) is 0 Å². The van der Waals surface area contributed by atoms with E-state index in [2.05, 4.69) is 15.5 Å². The molecule has 1 aromatic rings. The zero-order valence-electron chi connectivity index (χ0n) is 10.9. The van der Waals surface area contributed by atoms with Crippen LogP contribution in [0.15, 0.2) is 0 Å². The van der Waals surface area contributed by atoms with Crippen molar-refractivity contribution in [2.24, 2.45) is 5.73 Å². The van der Waals surface area contributed by atoms with Crippen molar-refractivity contribution in [3.8, 4) is 0 Å². The third kappa shape index (κ3) is 2.68. The van der Waals surface area contributed by atoms with Crippen LogP contribution in [0.4, 0.5) is 5.82 Å². The zero-order valence-corrected chi connectivity index (χ0v) is 11.6. The number of fused-ring (bicyclic) bond motifs is 1. The molecule has 5 nitrogen and oxygen atoms in total. The number of ether oxygens (including phenoxy) is 1. The number of nitrogens with one attached hydrogen (secondary N) is 1. The summed E-state index contributed by atoms with van der Waals surface area (Å²) in [5.74, 6) is 0.793. The molecule has 2 heterocycles. The van der Waals surface area contributed by atoms with Gasteiger partial charge in [-0.05, 0) is 19.3 Å². The molecule has 3 N–H and O–H groups in total. The lowest BCUT2D eigenvalue weighted by Gasteiger charge is -2.31. The normalized spacial score (nSPS) is 26.8. The molecule has 2 atom stereocenters. The summed E-state index contributed by atoms with van der Waals surface area (Å²) >= 11 is 6.10. The maximum absolute atomic E-state index is 6.16. The van der Waals surface area contributed by atoms with Gasteiger partial charge in [-0.25, -0.2) is 0 Å². The van der Waals surface area contributed by atoms with Crippen molar-refractivity contribution >= 4 is 17.4 Å². The molecule has 0 bridgehead atoms. The largest absolute Gasteiger partial charge is 0.376 e. The maximum atomic E-state index is 6.16. The van der Waals surface area contributed by atoms with Crippen LogP contribution in [0, 0.1) is 0 Å². The third-order valence-electron chi connectivity index (χ3n) is 4.02. The van der Waals surface area contributed by atoms with E-state index in [1.165, 1.54) is 12.8 Å². The van der Waals surface area contributed by atoms with Crippen LogP contribution in [-0.2, 0) is 17.8 Å². The molecule has 0 radical (unpaired) electrons. The van der Waals surface area contributed by atoms with E-state index < -0.39 is 0 Å². The van der Waals surface area contributed by atoms with Gasteiger partial charge in [0.25, 0.3) is 0 Å². The van der Waals surface area contributed by atoms with Gasteiger partial charge in [0.05, 0.1) is 13.2 Å². The Morgan fingerprint density at radius 3 is 2.89 bits per heavy atom. The van der Waals surface area contributed by atoms with Gasteiger partial charge in [-0.3, -0.25) is 0 Å². The van der Waals surface area contributed by atoms with Gasteiger partial charge in [-0.15, -0.1) is 10.2 Å². The molecule has 19 heavy (non-hydrogen) atoms. The van der Waals surface area contributed by atoms with Crippen molar-refractivity contribution in [1.29, 1.82) is 0 Å². The fourth-order valence-electron chi connectivity index (χ4n) is 2.87. The first-order chi connectivity index (χ1) is 9.25. The summed E-state index contributed by atoms with van der Waals surface area (Å²) in [7, 11) is 0. The minimum Gasteiger partial charge on any atom is -0.376 e. The quantitative estimate of drug-likeness (QED) is 0.866. The number of hydrogen-bond acceptors (Lipinski definition) is 5. The Morgan fingerprint density at radius 2 is 2.05 bits per heavy atom. The van der Waals surface area contributed by atoms with Crippen LogP contribution in [0.25, 0.3) is 0 Å². The first-order valence-electron chi connectivity index (χ1n) is 6.89. The Balaban J connectivity index is 1.84. The molecular weight excluding hydrogens is 264 g/mol. The average Bonchev–Trinajstić information content (AvgIpc) is 2.44. The summed E-state index contributed by atoms with van der Waals surface area (Å²) in [6.07, 6.45) is 5.38. The Hall–Kier alpha value is -0.910. The molecule has 0 aromatic carbocycles. The molecule has 6 heteroatoms. The second kappa shape index (κ2) is 5.61. The van der Waals surface area contributed by atoms with Crippen molar-refractivity contribution in [3.05, 3.63) is 16.3 Å². The lowest BCUT2D eigenvalue weighted by molar-refractivity contribution is 0.110. The van der Waals surface area contributed by atoms with Gasteiger partial charge in [0, 0.05) is 23.2 Å². The van der Waals surface area contributed by atoms with Gasteiger partial charge in [0.2, 0.25) is 0 Å². The number of anilines is 1. The van der Waals surface area contributed by atoms with Crippen LogP contribution < -0.4 is 11.1 Å². The smallest absolute Gasteiger partial charge is 0.155 e. The fraction of sp³-hybridized carbons (Fsp3) is 0.692. The highest BCUT2D eigenvalue weighted by atomic mass is 35.5. The van der Waals surface area contributed by atoms with E-state index in [1.807, 2.05) is 0 Å². The summed E-state index contributed by atoms with van der Waals surface area (Å²) in [6.45, 7) is 1.25. The Labute approximate surface area is 117 Å². The predicted molar refractivity (Wildman–Crippen MR) is 74.3 cm³/mol. The molecule has 0 saturated heterocycles. The fourth-order valence-corrected chi connectivity index (χ4v) is 3.12. The summed E-state index contributed by atoms with van der Waals surface area (Å²) in [5, 5.41) is 12.2. The van der Waals surface area contributed by atoms with Gasteiger partial charge in [-0.2, -0.15) is 0 Å². The molecule has 1 aromatic heterocycles. The first-order valence-corrected chi connectivity index (χ1v) is 7.27. The summed E-state index contributed by atoms with van der Waals surface area (Å²) < 4.78 is 5.51. The lowest BCUT2D eigenvalue weighted by atomic mass is 9.91. The van der Waals surface area contributed by atoms with Crippen molar-refractivity contribution in [3.63, 3.8) is 0 Å². The highest BCUT2D eigenvalue weighted by Gasteiger charge is 2.25. The van der Waals surface area contributed by atoms with Crippen molar-refractivity contribution in [2.45, 2.75) is 50.8 Å². The summed E-state index contributed by atoms with van der Waals surface area (Å²) in [4.78, 5) is 0. The zero-order chi connectivity index (χ0) is 13.2. The Kier molecular flexibility index (Phi) is 3.86. The molecule has 2 aliphatic rings. The third-order valence-corrected chi connectivity index (χ3v) is 4.32. The van der Waals surface area contributed by atoms with Crippen LogP contribution in [0.2, 0.25) is 5.15 Å². The Morgan fingerprint density at radius 1 is 1.21 bits per heavy atom. The molecule has 0 unspecified atom stereocenters. The van der Waals surface area contributed by atoms with Crippen molar-refractivity contribution in [1.82, 2.24) is 10.2 Å². The minimum absolute atomic E-state index is 0.186. The monoisotopic (exact) mass is 282 g/mol. The molecule has 1 aliphatic carbocycles. The van der Waals surface area contributed by atoms with E-state index in [1.54, 1.807) is 0 Å². The van der Waals surface area contributed by atoms with E-state index in [9.17, 15) is 0 Å². The van der Waals surface area contributed by atoms with Gasteiger partial charge >= 0.3 is 0 Å². The molecule has 1 fully saturated rings. The molecule has 0 spiro atoms. The average molecular weight is 283 g/mol. The minimum atomic E-state index is 0.186. The van der Waals surface area contributed by atoms with E-state index >= 15 is 0 Å². The van der Waals surface area contributed by atoms with Crippen LogP contribution >= 0.6 is 11.6 Å². The van der Waals surface area contributed by atoms with E-state index in [4.69, 9.17) is 22.1 Å². The van der Waals surface area contributed by atoms with Gasteiger partial charge in [-0.1, -0.05) is 24.4 Å².